The van der Waals surface area contributed by atoms with Gasteiger partial charge in [-0.05, 0) is 23.6 Å². The predicted molar refractivity (Wildman–Crippen MR) is 78.2 cm³/mol. The third kappa shape index (κ3) is 1.52. The molecule has 0 fully saturated rings. The third-order valence-electron chi connectivity index (χ3n) is 3.11. The summed E-state index contributed by atoms with van der Waals surface area (Å²) in [5.74, 6) is 0.413. The van der Waals surface area contributed by atoms with Crippen molar-refractivity contribution in [2.75, 3.05) is 5.73 Å². The molecule has 0 spiro atoms. The number of thiophene rings is 1. The second-order valence-corrected chi connectivity index (χ2v) is 5.24. The molecule has 0 aliphatic rings. The van der Waals surface area contributed by atoms with E-state index in [1.54, 1.807) is 15.9 Å². The first-order chi connectivity index (χ1) is 9.33. The van der Waals surface area contributed by atoms with Crippen molar-refractivity contribution in [2.45, 2.75) is 0 Å². The molecule has 0 aliphatic heterocycles. The highest BCUT2D eigenvalue weighted by atomic mass is 32.1. The fourth-order valence-electron chi connectivity index (χ4n) is 2.25. The monoisotopic (exact) mass is 266 g/mol. The maximum absolute atomic E-state index is 5.98. The van der Waals surface area contributed by atoms with Crippen LogP contribution in [-0.2, 0) is 0 Å². The summed E-state index contributed by atoms with van der Waals surface area (Å²) in [5, 5.41) is 7.65. The van der Waals surface area contributed by atoms with Crippen LogP contribution in [0, 0.1) is 0 Å². The van der Waals surface area contributed by atoms with Gasteiger partial charge in [0, 0.05) is 5.39 Å². The van der Waals surface area contributed by atoms with Crippen molar-refractivity contribution in [3.63, 3.8) is 0 Å². The first-order valence-electron chi connectivity index (χ1n) is 5.91. The highest BCUT2D eigenvalue weighted by Crippen LogP contribution is 2.28. The van der Waals surface area contributed by atoms with Crippen LogP contribution in [0.2, 0.25) is 0 Å². The van der Waals surface area contributed by atoms with Crippen molar-refractivity contribution >= 4 is 33.7 Å². The van der Waals surface area contributed by atoms with Crippen molar-refractivity contribution < 1.29 is 0 Å². The van der Waals surface area contributed by atoms with E-state index in [1.165, 1.54) is 0 Å². The number of nitrogens with two attached hydrogens (primary N) is 1. The average molecular weight is 266 g/mol. The maximum atomic E-state index is 5.98. The molecular weight excluding hydrogens is 256 g/mol. The molecule has 0 unspecified atom stereocenters. The number of anilines is 1. The molecule has 0 atom stereocenters. The third-order valence-corrected chi connectivity index (χ3v) is 4.01. The van der Waals surface area contributed by atoms with Gasteiger partial charge in [0.1, 0.15) is 5.69 Å². The molecule has 0 saturated carbocycles. The minimum Gasteiger partial charge on any atom is -0.368 e. The van der Waals surface area contributed by atoms with Gasteiger partial charge in [0.15, 0.2) is 0 Å². The topological polar surface area (TPSA) is 56.2 Å². The van der Waals surface area contributed by atoms with Gasteiger partial charge in [-0.2, -0.15) is 9.61 Å². The molecule has 3 heterocycles. The van der Waals surface area contributed by atoms with Gasteiger partial charge in [-0.15, -0.1) is 11.3 Å². The minimum atomic E-state index is 0.413. The van der Waals surface area contributed by atoms with Gasteiger partial charge >= 0.3 is 0 Å². The lowest BCUT2D eigenvalue weighted by atomic mass is 10.2. The second kappa shape index (κ2) is 3.80. The van der Waals surface area contributed by atoms with Crippen molar-refractivity contribution in [3.05, 3.63) is 47.8 Å². The van der Waals surface area contributed by atoms with Gasteiger partial charge in [-0.25, -0.2) is 4.98 Å². The Bertz CT molecular complexity index is 877. The quantitative estimate of drug-likeness (QED) is 0.575. The van der Waals surface area contributed by atoms with Crippen LogP contribution in [0.1, 0.15) is 0 Å². The lowest BCUT2D eigenvalue weighted by Crippen LogP contribution is -2.02. The fraction of sp³-hybridized carbons (Fsp3) is 0. The zero-order valence-corrected chi connectivity index (χ0v) is 10.8. The van der Waals surface area contributed by atoms with Crippen LogP contribution in [-0.4, -0.2) is 14.6 Å². The Balaban J connectivity index is 2.12. The minimum absolute atomic E-state index is 0.413. The molecule has 4 rings (SSSR count). The average Bonchev–Trinajstić information content (AvgIpc) is 3.08. The molecule has 5 heteroatoms. The van der Waals surface area contributed by atoms with Gasteiger partial charge in [-0.3, -0.25) is 0 Å². The Hall–Kier alpha value is -2.40. The Morgan fingerprint density at radius 1 is 1.11 bits per heavy atom. The first-order valence-corrected chi connectivity index (χ1v) is 6.79. The molecular formula is C14H10N4S. The van der Waals surface area contributed by atoms with E-state index in [0.717, 1.165) is 27.0 Å². The highest BCUT2D eigenvalue weighted by Gasteiger charge is 2.11. The Morgan fingerprint density at radius 3 is 2.84 bits per heavy atom. The molecule has 4 nitrogen and oxygen atoms in total. The Labute approximate surface area is 113 Å². The smallest absolute Gasteiger partial charge is 0.222 e. The lowest BCUT2D eigenvalue weighted by molar-refractivity contribution is 0.956. The number of nitrogens with zero attached hydrogens (tertiary/aromatic N) is 3. The Kier molecular flexibility index (Phi) is 2.10. The lowest BCUT2D eigenvalue weighted by Gasteiger charge is -2.02. The molecule has 0 aliphatic carbocycles. The molecule has 1 aromatic carbocycles. The number of hydrogen-bond donors (Lipinski definition) is 1. The van der Waals surface area contributed by atoms with Gasteiger partial charge in [0.2, 0.25) is 5.95 Å². The summed E-state index contributed by atoms with van der Waals surface area (Å²) in [7, 11) is 0. The van der Waals surface area contributed by atoms with Gasteiger partial charge < -0.3 is 5.73 Å². The van der Waals surface area contributed by atoms with Crippen LogP contribution < -0.4 is 5.73 Å². The number of hydrogen-bond acceptors (Lipinski definition) is 4. The molecule has 19 heavy (non-hydrogen) atoms. The van der Waals surface area contributed by atoms with E-state index >= 15 is 0 Å². The first kappa shape index (κ1) is 10.5. The standard InChI is InChI=1S/C14H10N4S/c15-14-16-10-5-2-1-4-9(10)12-8-11(17-18(12)14)13-6-3-7-19-13/h1-8H,(H2,15,16). The summed E-state index contributed by atoms with van der Waals surface area (Å²) in [6, 6.07) is 14.1. The molecule has 0 amide bonds. The largest absolute Gasteiger partial charge is 0.368 e. The van der Waals surface area contributed by atoms with Crippen molar-refractivity contribution in [1.82, 2.24) is 14.6 Å². The number of benzene rings is 1. The van der Waals surface area contributed by atoms with Crippen LogP contribution in [0.3, 0.4) is 0 Å². The van der Waals surface area contributed by atoms with E-state index in [1.807, 2.05) is 35.7 Å². The van der Waals surface area contributed by atoms with Crippen LogP contribution in [0.15, 0.2) is 47.8 Å². The van der Waals surface area contributed by atoms with Crippen LogP contribution >= 0.6 is 11.3 Å². The normalized spacial score (nSPS) is 11.4. The molecule has 4 aromatic rings. The molecule has 0 radical (unpaired) electrons. The molecule has 92 valence electrons. The van der Waals surface area contributed by atoms with Crippen molar-refractivity contribution in [1.29, 1.82) is 0 Å². The van der Waals surface area contributed by atoms with E-state index in [9.17, 15) is 0 Å². The summed E-state index contributed by atoms with van der Waals surface area (Å²) in [6.07, 6.45) is 0. The SMILES string of the molecule is Nc1nc2ccccc2c2cc(-c3cccs3)nn12. The van der Waals surface area contributed by atoms with E-state index in [2.05, 4.69) is 22.2 Å². The van der Waals surface area contributed by atoms with Crippen molar-refractivity contribution in [2.24, 2.45) is 0 Å². The highest BCUT2D eigenvalue weighted by molar-refractivity contribution is 7.13. The van der Waals surface area contributed by atoms with E-state index < -0.39 is 0 Å². The number of aromatic nitrogens is 3. The number of rotatable bonds is 1. The number of nitrogen functional groups attached to an aromatic ring is 1. The van der Waals surface area contributed by atoms with Crippen molar-refractivity contribution in [3.8, 4) is 10.6 Å². The fourth-order valence-corrected chi connectivity index (χ4v) is 2.93. The van der Waals surface area contributed by atoms with Gasteiger partial charge in [0.05, 0.1) is 15.9 Å². The summed E-state index contributed by atoms with van der Waals surface area (Å²) in [4.78, 5) is 5.51. The number of para-hydroxylation sites is 1. The molecule has 0 saturated heterocycles. The van der Waals surface area contributed by atoms with Crippen LogP contribution in [0.25, 0.3) is 27.0 Å². The summed E-state index contributed by atoms with van der Waals surface area (Å²) < 4.78 is 1.71. The second-order valence-electron chi connectivity index (χ2n) is 4.29. The zero-order chi connectivity index (χ0) is 12.8. The number of fused-ring (bicyclic) bond motifs is 3. The summed E-state index contributed by atoms with van der Waals surface area (Å²) >= 11 is 1.67. The molecule has 0 bridgehead atoms. The van der Waals surface area contributed by atoms with Crippen LogP contribution in [0.5, 0.6) is 0 Å². The van der Waals surface area contributed by atoms with E-state index in [-0.39, 0.29) is 0 Å². The summed E-state index contributed by atoms with van der Waals surface area (Å²) in [5.41, 5.74) is 8.80. The Morgan fingerprint density at radius 2 is 2.00 bits per heavy atom. The van der Waals surface area contributed by atoms with Crippen LogP contribution in [0.4, 0.5) is 5.95 Å². The van der Waals surface area contributed by atoms with E-state index in [4.69, 9.17) is 5.73 Å². The van der Waals surface area contributed by atoms with Gasteiger partial charge in [0.25, 0.3) is 0 Å². The van der Waals surface area contributed by atoms with E-state index in [0.29, 0.717) is 5.95 Å². The molecule has 2 N–H and O–H groups in total. The molecule has 3 aromatic heterocycles. The van der Waals surface area contributed by atoms with Gasteiger partial charge in [-0.1, -0.05) is 24.3 Å². The zero-order valence-electron chi connectivity index (χ0n) is 9.95. The summed E-state index contributed by atoms with van der Waals surface area (Å²) in [6.45, 7) is 0. The maximum Gasteiger partial charge on any atom is 0.222 e. The predicted octanol–water partition coefficient (Wildman–Crippen LogP) is 3.19.